The Hall–Kier alpha value is -3.35. The molecule has 2 rings (SSSR count). The van der Waals surface area contributed by atoms with Gasteiger partial charge in [0.1, 0.15) is 12.6 Å². The predicted octanol–water partition coefficient (Wildman–Crippen LogP) is 3.28. The molecule has 0 saturated heterocycles. The van der Waals surface area contributed by atoms with Crippen molar-refractivity contribution < 1.29 is 24.2 Å². The van der Waals surface area contributed by atoms with Gasteiger partial charge in [-0.1, -0.05) is 60.7 Å². The van der Waals surface area contributed by atoms with E-state index in [4.69, 9.17) is 4.74 Å². The Balaban J connectivity index is 1.81. The summed E-state index contributed by atoms with van der Waals surface area (Å²) in [4.78, 5) is 35.9. The number of carbonyl (C=O) groups excluding carboxylic acids is 2. The van der Waals surface area contributed by atoms with Crippen molar-refractivity contribution in [2.75, 3.05) is 0 Å². The van der Waals surface area contributed by atoms with Crippen molar-refractivity contribution in [2.45, 2.75) is 51.3 Å². The fourth-order valence-corrected chi connectivity index (χ4v) is 2.94. The number of carbonyl (C=O) groups is 3. The molecule has 2 aromatic rings. The van der Waals surface area contributed by atoms with Crippen LogP contribution in [0.1, 0.15) is 37.8 Å². The van der Waals surface area contributed by atoms with Gasteiger partial charge in [0, 0.05) is 12.0 Å². The summed E-state index contributed by atoms with van der Waals surface area (Å²) in [6.45, 7) is 3.47. The fourth-order valence-electron chi connectivity index (χ4n) is 2.94. The molecular weight excluding hydrogens is 384 g/mol. The van der Waals surface area contributed by atoms with Crippen molar-refractivity contribution in [1.82, 2.24) is 10.6 Å². The third kappa shape index (κ3) is 8.34. The first kappa shape index (κ1) is 22.9. The summed E-state index contributed by atoms with van der Waals surface area (Å²) in [7, 11) is 0. The van der Waals surface area contributed by atoms with E-state index in [2.05, 4.69) is 10.6 Å². The minimum absolute atomic E-state index is 0.0808. The van der Waals surface area contributed by atoms with Crippen LogP contribution in [0, 0.1) is 0 Å². The number of amides is 2. The molecule has 7 nitrogen and oxygen atoms in total. The zero-order chi connectivity index (χ0) is 22.0. The van der Waals surface area contributed by atoms with Gasteiger partial charge in [-0.15, -0.1) is 0 Å². The SMILES string of the molecule is CC(C)(CC(=O)NC(CCc1ccccc1)C(=O)O)NC(=O)OCc1ccccc1. The quantitative estimate of drug-likeness (QED) is 0.555. The molecule has 0 radical (unpaired) electrons. The summed E-state index contributed by atoms with van der Waals surface area (Å²) in [5.74, 6) is -1.55. The molecule has 0 aromatic heterocycles. The van der Waals surface area contributed by atoms with Crippen LogP contribution in [0.2, 0.25) is 0 Å². The van der Waals surface area contributed by atoms with Gasteiger partial charge in [0.2, 0.25) is 5.91 Å². The summed E-state index contributed by atoms with van der Waals surface area (Å²) in [6.07, 6.45) is 0.0853. The summed E-state index contributed by atoms with van der Waals surface area (Å²) in [5, 5.41) is 14.6. The lowest BCUT2D eigenvalue weighted by atomic mass is 9.99. The van der Waals surface area contributed by atoms with E-state index in [1.165, 1.54) is 0 Å². The minimum Gasteiger partial charge on any atom is -0.480 e. The minimum atomic E-state index is -1.09. The maximum absolute atomic E-state index is 12.4. The first-order valence-corrected chi connectivity index (χ1v) is 9.80. The van der Waals surface area contributed by atoms with Crippen LogP contribution in [-0.4, -0.2) is 34.7 Å². The van der Waals surface area contributed by atoms with Crippen LogP contribution in [0.5, 0.6) is 0 Å². The van der Waals surface area contributed by atoms with Crippen LogP contribution < -0.4 is 10.6 Å². The number of hydrogen-bond donors (Lipinski definition) is 3. The van der Waals surface area contributed by atoms with E-state index in [9.17, 15) is 19.5 Å². The second-order valence-corrected chi connectivity index (χ2v) is 7.73. The molecule has 2 aromatic carbocycles. The summed E-state index contributed by atoms with van der Waals surface area (Å²) in [6, 6.07) is 17.7. The average Bonchev–Trinajstić information content (AvgIpc) is 2.70. The molecule has 1 unspecified atom stereocenters. The lowest BCUT2D eigenvalue weighted by Gasteiger charge is -2.26. The number of aryl methyl sites for hydroxylation is 1. The maximum atomic E-state index is 12.4. The molecule has 0 aliphatic rings. The van der Waals surface area contributed by atoms with E-state index in [1.807, 2.05) is 60.7 Å². The van der Waals surface area contributed by atoms with E-state index in [-0.39, 0.29) is 19.4 Å². The maximum Gasteiger partial charge on any atom is 0.407 e. The van der Waals surface area contributed by atoms with Crippen molar-refractivity contribution in [3.63, 3.8) is 0 Å². The van der Waals surface area contributed by atoms with Gasteiger partial charge in [-0.25, -0.2) is 9.59 Å². The van der Waals surface area contributed by atoms with Crippen LogP contribution >= 0.6 is 0 Å². The Morgan fingerprint density at radius 1 is 0.967 bits per heavy atom. The number of nitrogens with one attached hydrogen (secondary N) is 2. The van der Waals surface area contributed by atoms with Crippen molar-refractivity contribution in [2.24, 2.45) is 0 Å². The highest BCUT2D eigenvalue weighted by molar-refractivity contribution is 5.84. The monoisotopic (exact) mass is 412 g/mol. The normalized spacial score (nSPS) is 11.9. The Labute approximate surface area is 176 Å². The van der Waals surface area contributed by atoms with Gasteiger partial charge in [-0.3, -0.25) is 4.79 Å². The standard InChI is InChI=1S/C23H28N2O5/c1-23(2,25-22(29)30-16-18-11-7-4-8-12-18)15-20(26)24-19(21(27)28)14-13-17-9-5-3-6-10-17/h3-12,19H,13-16H2,1-2H3,(H,24,26)(H,25,29)(H,27,28). The average molecular weight is 412 g/mol. The molecule has 30 heavy (non-hydrogen) atoms. The molecule has 0 spiro atoms. The molecule has 0 aliphatic heterocycles. The number of benzene rings is 2. The van der Waals surface area contributed by atoms with Crippen molar-refractivity contribution in [1.29, 1.82) is 0 Å². The summed E-state index contributed by atoms with van der Waals surface area (Å²) in [5.41, 5.74) is 0.951. The molecule has 1 atom stereocenters. The van der Waals surface area contributed by atoms with E-state index >= 15 is 0 Å². The third-order valence-electron chi connectivity index (χ3n) is 4.45. The number of carboxylic acid groups (broad SMARTS) is 1. The van der Waals surface area contributed by atoms with Gasteiger partial charge in [0.25, 0.3) is 0 Å². The van der Waals surface area contributed by atoms with Gasteiger partial charge < -0.3 is 20.5 Å². The molecule has 160 valence electrons. The number of hydrogen-bond acceptors (Lipinski definition) is 4. The highest BCUT2D eigenvalue weighted by atomic mass is 16.5. The van der Waals surface area contributed by atoms with Gasteiger partial charge in [0.05, 0.1) is 0 Å². The highest BCUT2D eigenvalue weighted by Crippen LogP contribution is 2.11. The zero-order valence-electron chi connectivity index (χ0n) is 17.3. The van der Waals surface area contributed by atoms with E-state index in [0.29, 0.717) is 6.42 Å². The third-order valence-corrected chi connectivity index (χ3v) is 4.45. The summed E-state index contributed by atoms with van der Waals surface area (Å²) < 4.78 is 5.18. The Kier molecular flexibility index (Phi) is 8.41. The lowest BCUT2D eigenvalue weighted by Crippen LogP contribution is -2.49. The molecular formula is C23H28N2O5. The number of alkyl carbamates (subject to hydrolysis) is 1. The number of ether oxygens (including phenoxy) is 1. The molecule has 7 heteroatoms. The highest BCUT2D eigenvalue weighted by Gasteiger charge is 2.27. The first-order valence-electron chi connectivity index (χ1n) is 9.80. The predicted molar refractivity (Wildman–Crippen MR) is 113 cm³/mol. The number of rotatable bonds is 10. The Morgan fingerprint density at radius 3 is 2.10 bits per heavy atom. The van der Waals surface area contributed by atoms with Crippen LogP contribution in [0.4, 0.5) is 4.79 Å². The molecule has 3 N–H and O–H groups in total. The summed E-state index contributed by atoms with van der Waals surface area (Å²) >= 11 is 0. The van der Waals surface area contributed by atoms with Crippen molar-refractivity contribution >= 4 is 18.0 Å². The van der Waals surface area contributed by atoms with E-state index in [0.717, 1.165) is 11.1 Å². The van der Waals surface area contributed by atoms with Crippen molar-refractivity contribution in [3.05, 3.63) is 71.8 Å². The van der Waals surface area contributed by atoms with Gasteiger partial charge in [0.15, 0.2) is 0 Å². The second-order valence-electron chi connectivity index (χ2n) is 7.73. The number of carboxylic acids is 1. The van der Waals surface area contributed by atoms with Gasteiger partial charge in [-0.2, -0.15) is 0 Å². The van der Waals surface area contributed by atoms with Gasteiger partial charge in [-0.05, 0) is 37.8 Å². The molecule has 0 fully saturated rings. The van der Waals surface area contributed by atoms with E-state index < -0.39 is 29.6 Å². The largest absolute Gasteiger partial charge is 0.480 e. The molecule has 0 heterocycles. The Bertz CT molecular complexity index is 837. The molecule has 0 saturated carbocycles. The molecule has 2 amide bonds. The first-order chi connectivity index (χ1) is 14.2. The zero-order valence-corrected chi connectivity index (χ0v) is 17.3. The van der Waals surface area contributed by atoms with Crippen LogP contribution in [0.25, 0.3) is 0 Å². The smallest absolute Gasteiger partial charge is 0.407 e. The van der Waals surface area contributed by atoms with Crippen LogP contribution in [-0.2, 0) is 27.4 Å². The van der Waals surface area contributed by atoms with Gasteiger partial charge >= 0.3 is 12.1 Å². The molecule has 0 aliphatic carbocycles. The van der Waals surface area contributed by atoms with Crippen LogP contribution in [0.3, 0.4) is 0 Å². The molecule has 0 bridgehead atoms. The van der Waals surface area contributed by atoms with E-state index in [1.54, 1.807) is 13.8 Å². The fraction of sp³-hybridized carbons (Fsp3) is 0.348. The lowest BCUT2D eigenvalue weighted by molar-refractivity contribution is -0.142. The van der Waals surface area contributed by atoms with Crippen molar-refractivity contribution in [3.8, 4) is 0 Å². The number of aliphatic carboxylic acids is 1. The second kappa shape index (κ2) is 11.0. The van der Waals surface area contributed by atoms with Crippen LogP contribution in [0.15, 0.2) is 60.7 Å². The Morgan fingerprint density at radius 2 is 1.53 bits per heavy atom. The topological polar surface area (TPSA) is 105 Å².